The number of likely N-dealkylation sites (N-methyl/N-ethyl adjacent to an activating group) is 1. The Morgan fingerprint density at radius 1 is 1.32 bits per heavy atom. The summed E-state index contributed by atoms with van der Waals surface area (Å²) in [6.07, 6.45) is 3.03. The molecule has 1 saturated heterocycles. The number of methoxy groups -OCH3 is 1. The van der Waals surface area contributed by atoms with Gasteiger partial charge >= 0.3 is 6.09 Å². The fraction of sp³-hybridized carbons (Fsp3) is 0.611. The van der Waals surface area contributed by atoms with Crippen molar-refractivity contribution in [3.8, 4) is 0 Å². The zero-order valence-corrected chi connectivity index (χ0v) is 14.0. The van der Waals surface area contributed by atoms with Crippen LogP contribution in [0.25, 0.3) is 0 Å². The van der Waals surface area contributed by atoms with E-state index in [2.05, 4.69) is 49.2 Å². The molecule has 1 aliphatic rings. The van der Waals surface area contributed by atoms with E-state index in [1.165, 1.54) is 12.7 Å². The number of carbonyl (C=O) groups excluding carboxylic acids is 1. The summed E-state index contributed by atoms with van der Waals surface area (Å²) in [5.74, 6) is 0.670. The standard InChI is InChI=1S/C18H28N2O2/c1-15(13-16-7-5-4-6-8-16)19(2)14-17-9-11-20(12-10-17)18(21)22-3/h4-8,15,17H,9-14H2,1-3H3. The van der Waals surface area contributed by atoms with Crippen molar-refractivity contribution in [2.24, 2.45) is 5.92 Å². The van der Waals surface area contributed by atoms with Gasteiger partial charge in [0.25, 0.3) is 0 Å². The van der Waals surface area contributed by atoms with Crippen molar-refractivity contribution in [3.05, 3.63) is 35.9 Å². The van der Waals surface area contributed by atoms with E-state index >= 15 is 0 Å². The molecule has 1 heterocycles. The van der Waals surface area contributed by atoms with E-state index in [4.69, 9.17) is 4.74 Å². The maximum atomic E-state index is 11.5. The Balaban J connectivity index is 1.75. The number of rotatable bonds is 5. The highest BCUT2D eigenvalue weighted by Crippen LogP contribution is 2.20. The molecule has 22 heavy (non-hydrogen) atoms. The van der Waals surface area contributed by atoms with Crippen LogP contribution in [0, 0.1) is 5.92 Å². The van der Waals surface area contributed by atoms with Gasteiger partial charge in [-0.15, -0.1) is 0 Å². The lowest BCUT2D eigenvalue weighted by Crippen LogP contribution is -2.42. The van der Waals surface area contributed by atoms with Gasteiger partial charge in [-0.25, -0.2) is 4.79 Å². The average molecular weight is 304 g/mol. The summed E-state index contributed by atoms with van der Waals surface area (Å²) >= 11 is 0. The molecular formula is C18H28N2O2. The highest BCUT2D eigenvalue weighted by Gasteiger charge is 2.24. The van der Waals surface area contributed by atoms with E-state index in [9.17, 15) is 4.79 Å². The van der Waals surface area contributed by atoms with Crippen LogP contribution in [0.15, 0.2) is 30.3 Å². The van der Waals surface area contributed by atoms with Gasteiger partial charge in [-0.05, 0) is 44.7 Å². The van der Waals surface area contributed by atoms with E-state index in [0.717, 1.165) is 38.9 Å². The Morgan fingerprint density at radius 3 is 2.55 bits per heavy atom. The first-order valence-corrected chi connectivity index (χ1v) is 8.17. The minimum absolute atomic E-state index is 0.191. The van der Waals surface area contributed by atoms with Crippen LogP contribution in [0.5, 0.6) is 0 Å². The second kappa shape index (κ2) is 8.18. The predicted octanol–water partition coefficient (Wildman–Crippen LogP) is 3.03. The van der Waals surface area contributed by atoms with Crippen LogP contribution in [-0.2, 0) is 11.2 Å². The maximum absolute atomic E-state index is 11.5. The highest BCUT2D eigenvalue weighted by molar-refractivity contribution is 5.67. The quantitative estimate of drug-likeness (QED) is 0.838. The monoisotopic (exact) mass is 304 g/mol. The Hall–Kier alpha value is -1.55. The first-order chi connectivity index (χ1) is 10.6. The van der Waals surface area contributed by atoms with Crippen molar-refractivity contribution >= 4 is 6.09 Å². The van der Waals surface area contributed by atoms with Crippen LogP contribution in [0.4, 0.5) is 4.79 Å². The van der Waals surface area contributed by atoms with Crippen molar-refractivity contribution in [1.82, 2.24) is 9.80 Å². The minimum Gasteiger partial charge on any atom is -0.453 e. The predicted molar refractivity (Wildman–Crippen MR) is 88.9 cm³/mol. The summed E-state index contributed by atoms with van der Waals surface area (Å²) in [7, 11) is 3.66. The molecule has 0 radical (unpaired) electrons. The van der Waals surface area contributed by atoms with E-state index in [-0.39, 0.29) is 6.09 Å². The van der Waals surface area contributed by atoms with Crippen LogP contribution in [0.3, 0.4) is 0 Å². The van der Waals surface area contributed by atoms with Gasteiger partial charge in [-0.1, -0.05) is 30.3 Å². The first kappa shape index (κ1) is 16.8. The molecule has 0 N–H and O–H groups in total. The van der Waals surface area contributed by atoms with Crippen molar-refractivity contribution < 1.29 is 9.53 Å². The van der Waals surface area contributed by atoms with Gasteiger partial charge in [-0.2, -0.15) is 0 Å². The normalized spacial score (nSPS) is 17.5. The van der Waals surface area contributed by atoms with Crippen LogP contribution < -0.4 is 0 Å². The third-order valence-corrected chi connectivity index (χ3v) is 4.72. The van der Waals surface area contributed by atoms with Gasteiger partial charge in [0.05, 0.1) is 7.11 Å². The first-order valence-electron chi connectivity index (χ1n) is 8.17. The fourth-order valence-corrected chi connectivity index (χ4v) is 3.13. The van der Waals surface area contributed by atoms with Gasteiger partial charge in [0.2, 0.25) is 0 Å². The summed E-state index contributed by atoms with van der Waals surface area (Å²) in [5, 5.41) is 0. The van der Waals surface area contributed by atoms with E-state index in [1.54, 1.807) is 0 Å². The molecule has 4 nitrogen and oxygen atoms in total. The van der Waals surface area contributed by atoms with E-state index in [0.29, 0.717) is 12.0 Å². The summed E-state index contributed by atoms with van der Waals surface area (Å²) in [5.41, 5.74) is 1.39. The number of likely N-dealkylation sites (tertiary alicyclic amines) is 1. The number of carbonyl (C=O) groups is 1. The van der Waals surface area contributed by atoms with Crippen LogP contribution in [0.1, 0.15) is 25.3 Å². The van der Waals surface area contributed by atoms with Gasteiger partial charge in [0.15, 0.2) is 0 Å². The Labute approximate surface area is 134 Å². The van der Waals surface area contributed by atoms with Gasteiger partial charge in [0.1, 0.15) is 0 Å². The van der Waals surface area contributed by atoms with Crippen molar-refractivity contribution in [2.75, 3.05) is 33.8 Å². The molecule has 0 saturated carbocycles. The lowest BCUT2D eigenvalue weighted by Gasteiger charge is -2.35. The third kappa shape index (κ3) is 4.73. The molecule has 1 aliphatic heterocycles. The average Bonchev–Trinajstić information content (AvgIpc) is 2.55. The Bertz CT molecular complexity index is 455. The summed E-state index contributed by atoms with van der Waals surface area (Å²) in [6, 6.07) is 11.2. The number of amides is 1. The molecule has 2 rings (SSSR count). The van der Waals surface area contributed by atoms with Crippen molar-refractivity contribution in [2.45, 2.75) is 32.2 Å². The smallest absolute Gasteiger partial charge is 0.409 e. The Morgan fingerprint density at radius 2 is 1.95 bits per heavy atom. The van der Waals surface area contributed by atoms with Gasteiger partial charge < -0.3 is 14.5 Å². The topological polar surface area (TPSA) is 32.8 Å². The zero-order valence-electron chi connectivity index (χ0n) is 14.0. The van der Waals surface area contributed by atoms with Gasteiger partial charge in [-0.3, -0.25) is 0 Å². The van der Waals surface area contributed by atoms with E-state index < -0.39 is 0 Å². The molecule has 1 unspecified atom stereocenters. The summed E-state index contributed by atoms with van der Waals surface area (Å²) < 4.78 is 4.79. The SMILES string of the molecule is COC(=O)N1CCC(CN(C)C(C)Cc2ccccc2)CC1. The fourth-order valence-electron chi connectivity index (χ4n) is 3.13. The van der Waals surface area contributed by atoms with Crippen molar-refractivity contribution in [3.63, 3.8) is 0 Å². The summed E-state index contributed by atoms with van der Waals surface area (Å²) in [6.45, 7) is 5.02. The molecule has 0 bridgehead atoms. The molecule has 0 aliphatic carbocycles. The van der Waals surface area contributed by atoms with Crippen LogP contribution in [-0.4, -0.2) is 55.7 Å². The number of hydrogen-bond acceptors (Lipinski definition) is 3. The lowest BCUT2D eigenvalue weighted by atomic mass is 9.95. The van der Waals surface area contributed by atoms with Crippen molar-refractivity contribution in [1.29, 1.82) is 0 Å². The number of nitrogens with zero attached hydrogens (tertiary/aromatic N) is 2. The highest BCUT2D eigenvalue weighted by atomic mass is 16.5. The van der Waals surface area contributed by atoms with Crippen LogP contribution in [0.2, 0.25) is 0 Å². The molecule has 1 amide bonds. The minimum atomic E-state index is -0.191. The zero-order chi connectivity index (χ0) is 15.9. The molecule has 0 aromatic heterocycles. The molecule has 1 aromatic rings. The molecular weight excluding hydrogens is 276 g/mol. The van der Waals surface area contributed by atoms with E-state index in [1.807, 2.05) is 4.90 Å². The molecule has 1 aromatic carbocycles. The molecule has 1 atom stereocenters. The maximum Gasteiger partial charge on any atom is 0.409 e. The number of hydrogen-bond donors (Lipinski definition) is 0. The summed E-state index contributed by atoms with van der Waals surface area (Å²) in [4.78, 5) is 15.8. The largest absolute Gasteiger partial charge is 0.453 e. The lowest BCUT2D eigenvalue weighted by molar-refractivity contribution is 0.0968. The second-order valence-corrected chi connectivity index (χ2v) is 6.38. The molecule has 1 fully saturated rings. The van der Waals surface area contributed by atoms with Crippen LogP contribution >= 0.6 is 0 Å². The van der Waals surface area contributed by atoms with Gasteiger partial charge in [0, 0.05) is 25.7 Å². The Kier molecular flexibility index (Phi) is 6.25. The molecule has 122 valence electrons. The molecule has 4 heteroatoms. The second-order valence-electron chi connectivity index (χ2n) is 6.38. The number of ether oxygens (including phenoxy) is 1. The number of piperidine rings is 1. The molecule has 0 spiro atoms. The number of benzene rings is 1. The third-order valence-electron chi connectivity index (χ3n) is 4.72.